The summed E-state index contributed by atoms with van der Waals surface area (Å²) in [7, 11) is 0. The summed E-state index contributed by atoms with van der Waals surface area (Å²) >= 11 is 1.79. The van der Waals surface area contributed by atoms with E-state index in [1.54, 1.807) is 11.3 Å². The third kappa shape index (κ3) is 3.01. The number of hydrogen-bond acceptors (Lipinski definition) is 2. The second-order valence-electron chi connectivity index (χ2n) is 5.47. The molecule has 0 saturated carbocycles. The fourth-order valence-electron chi connectivity index (χ4n) is 2.97. The van der Waals surface area contributed by atoms with E-state index in [9.17, 15) is 8.78 Å². The van der Waals surface area contributed by atoms with Gasteiger partial charge in [0.05, 0.1) is 0 Å². The number of hydrogen-bond donors (Lipinski definition) is 1. The molecule has 3 rings (SSSR count). The fourth-order valence-corrected chi connectivity index (χ4v) is 4.31. The molecule has 4 heteroatoms. The number of fused-ring (bicyclic) bond motifs is 1. The minimum atomic E-state index is -0.456. The second-order valence-corrected chi connectivity index (χ2v) is 6.63. The third-order valence-corrected chi connectivity index (χ3v) is 5.38. The van der Waals surface area contributed by atoms with Crippen LogP contribution in [0.5, 0.6) is 0 Å². The molecule has 1 aliphatic rings. The Bertz CT molecular complexity index is 594. The van der Waals surface area contributed by atoms with E-state index < -0.39 is 11.6 Å². The van der Waals surface area contributed by atoms with Crippen LogP contribution < -0.4 is 5.32 Å². The maximum Gasteiger partial charge on any atom is 0.129 e. The van der Waals surface area contributed by atoms with Gasteiger partial charge in [-0.3, -0.25) is 0 Å². The summed E-state index contributed by atoms with van der Waals surface area (Å²) in [4.78, 5) is 2.64. The lowest BCUT2D eigenvalue weighted by Crippen LogP contribution is -2.23. The van der Waals surface area contributed by atoms with Crippen LogP contribution in [0.4, 0.5) is 8.78 Å². The van der Waals surface area contributed by atoms with Gasteiger partial charge in [0, 0.05) is 21.4 Å². The maximum atomic E-state index is 13.9. The molecule has 1 N–H and O–H groups in total. The van der Waals surface area contributed by atoms with Gasteiger partial charge < -0.3 is 5.32 Å². The number of benzene rings is 1. The Balaban J connectivity index is 1.87. The van der Waals surface area contributed by atoms with E-state index in [1.165, 1.54) is 39.9 Å². The SMILES string of the molecule is CCNC(Cc1c(F)cccc1F)c1cc2c(s1)CCC2. The monoisotopic (exact) mass is 307 g/mol. The Hall–Kier alpha value is -1.26. The Labute approximate surface area is 128 Å². The molecule has 1 nitrogen and oxygen atoms in total. The van der Waals surface area contributed by atoms with Crippen LogP contribution in [-0.2, 0) is 19.3 Å². The van der Waals surface area contributed by atoms with Gasteiger partial charge in [-0.05, 0) is 56.0 Å². The van der Waals surface area contributed by atoms with Crippen molar-refractivity contribution in [3.63, 3.8) is 0 Å². The summed E-state index contributed by atoms with van der Waals surface area (Å²) in [5.74, 6) is -0.913. The maximum absolute atomic E-state index is 13.9. The first kappa shape index (κ1) is 14.7. The minimum absolute atomic E-state index is 0.0167. The first-order valence-corrected chi connectivity index (χ1v) is 8.28. The van der Waals surface area contributed by atoms with Crippen LogP contribution in [0.3, 0.4) is 0 Å². The van der Waals surface area contributed by atoms with Crippen LogP contribution >= 0.6 is 11.3 Å². The molecule has 0 fully saturated rings. The van der Waals surface area contributed by atoms with Crippen molar-refractivity contribution in [2.24, 2.45) is 0 Å². The molecule has 1 heterocycles. The van der Waals surface area contributed by atoms with Crippen molar-refractivity contribution in [1.82, 2.24) is 5.32 Å². The number of likely N-dealkylation sites (N-methyl/N-ethyl adjacent to an activating group) is 1. The normalized spacial score (nSPS) is 15.2. The fraction of sp³-hybridized carbons (Fsp3) is 0.412. The molecule has 21 heavy (non-hydrogen) atoms. The first-order chi connectivity index (χ1) is 10.2. The zero-order chi connectivity index (χ0) is 14.8. The van der Waals surface area contributed by atoms with Gasteiger partial charge in [-0.2, -0.15) is 0 Å². The quantitative estimate of drug-likeness (QED) is 0.863. The Morgan fingerprint density at radius 2 is 2.00 bits per heavy atom. The first-order valence-electron chi connectivity index (χ1n) is 7.46. The van der Waals surface area contributed by atoms with Crippen molar-refractivity contribution in [1.29, 1.82) is 0 Å². The zero-order valence-electron chi connectivity index (χ0n) is 12.1. The van der Waals surface area contributed by atoms with E-state index in [2.05, 4.69) is 11.4 Å². The molecule has 0 radical (unpaired) electrons. The molecule has 1 unspecified atom stereocenters. The molecule has 0 aliphatic heterocycles. The summed E-state index contributed by atoms with van der Waals surface area (Å²) in [6.07, 6.45) is 3.87. The number of halogens is 2. The lowest BCUT2D eigenvalue weighted by atomic mass is 10.0. The average molecular weight is 307 g/mol. The van der Waals surface area contributed by atoms with Gasteiger partial charge in [0.15, 0.2) is 0 Å². The summed E-state index contributed by atoms with van der Waals surface area (Å²) in [5, 5.41) is 3.37. The molecule has 1 atom stereocenters. The van der Waals surface area contributed by atoms with Crippen molar-refractivity contribution < 1.29 is 8.78 Å². The minimum Gasteiger partial charge on any atom is -0.309 e. The zero-order valence-corrected chi connectivity index (χ0v) is 12.9. The largest absolute Gasteiger partial charge is 0.309 e. The van der Waals surface area contributed by atoms with E-state index in [0.717, 1.165) is 19.4 Å². The molecular weight excluding hydrogens is 288 g/mol. The summed E-state index contributed by atoms with van der Waals surface area (Å²) < 4.78 is 27.7. The summed E-state index contributed by atoms with van der Waals surface area (Å²) in [6, 6.07) is 6.28. The topological polar surface area (TPSA) is 12.0 Å². The van der Waals surface area contributed by atoms with Crippen LogP contribution in [0.1, 0.15) is 40.3 Å². The van der Waals surface area contributed by atoms with Crippen LogP contribution in [-0.4, -0.2) is 6.54 Å². The molecule has 0 bridgehead atoms. The van der Waals surface area contributed by atoms with Gasteiger partial charge >= 0.3 is 0 Å². The van der Waals surface area contributed by atoms with E-state index >= 15 is 0 Å². The average Bonchev–Trinajstić information content (AvgIpc) is 3.03. The smallest absolute Gasteiger partial charge is 0.129 e. The van der Waals surface area contributed by atoms with Crippen LogP contribution in [0.15, 0.2) is 24.3 Å². The van der Waals surface area contributed by atoms with Crippen LogP contribution in [0.2, 0.25) is 0 Å². The van der Waals surface area contributed by atoms with Crippen molar-refractivity contribution in [3.8, 4) is 0 Å². The van der Waals surface area contributed by atoms with Gasteiger partial charge in [0.2, 0.25) is 0 Å². The number of thiophene rings is 1. The van der Waals surface area contributed by atoms with E-state index in [-0.39, 0.29) is 11.6 Å². The van der Waals surface area contributed by atoms with Crippen molar-refractivity contribution in [2.75, 3.05) is 6.54 Å². The molecule has 2 aromatic rings. The highest BCUT2D eigenvalue weighted by molar-refractivity contribution is 7.12. The Morgan fingerprint density at radius 1 is 1.24 bits per heavy atom. The molecule has 1 aliphatic carbocycles. The van der Waals surface area contributed by atoms with Gasteiger partial charge in [-0.1, -0.05) is 13.0 Å². The lowest BCUT2D eigenvalue weighted by molar-refractivity contribution is 0.503. The molecule has 1 aromatic heterocycles. The van der Waals surface area contributed by atoms with Crippen LogP contribution in [0.25, 0.3) is 0 Å². The molecule has 0 spiro atoms. The Morgan fingerprint density at radius 3 is 2.67 bits per heavy atom. The lowest BCUT2D eigenvalue weighted by Gasteiger charge is -2.17. The third-order valence-electron chi connectivity index (χ3n) is 4.03. The highest BCUT2D eigenvalue weighted by Gasteiger charge is 2.22. The molecule has 112 valence electrons. The van der Waals surface area contributed by atoms with E-state index in [0.29, 0.717) is 6.42 Å². The number of rotatable bonds is 5. The molecular formula is C17H19F2NS. The van der Waals surface area contributed by atoms with Crippen molar-refractivity contribution >= 4 is 11.3 Å². The number of nitrogens with one attached hydrogen (secondary N) is 1. The molecule has 0 saturated heterocycles. The highest BCUT2D eigenvalue weighted by atomic mass is 32.1. The predicted octanol–water partition coefficient (Wildman–Crippen LogP) is 4.41. The van der Waals surface area contributed by atoms with E-state index in [1.807, 2.05) is 6.92 Å². The van der Waals surface area contributed by atoms with Crippen LogP contribution in [0, 0.1) is 11.6 Å². The molecule has 0 amide bonds. The Kier molecular flexibility index (Phi) is 4.36. The van der Waals surface area contributed by atoms with Crippen molar-refractivity contribution in [2.45, 2.75) is 38.6 Å². The van der Waals surface area contributed by atoms with Gasteiger partial charge in [0.1, 0.15) is 11.6 Å². The summed E-state index contributed by atoms with van der Waals surface area (Å²) in [5.41, 5.74) is 1.60. The second kappa shape index (κ2) is 6.24. The van der Waals surface area contributed by atoms with E-state index in [4.69, 9.17) is 0 Å². The van der Waals surface area contributed by atoms with Crippen molar-refractivity contribution in [3.05, 3.63) is 56.8 Å². The van der Waals surface area contributed by atoms with Gasteiger partial charge in [0.25, 0.3) is 0 Å². The van der Waals surface area contributed by atoms with Gasteiger partial charge in [-0.15, -0.1) is 11.3 Å². The molecule has 1 aromatic carbocycles. The number of aryl methyl sites for hydroxylation is 2. The van der Waals surface area contributed by atoms with Gasteiger partial charge in [-0.25, -0.2) is 8.78 Å². The summed E-state index contributed by atoms with van der Waals surface area (Å²) in [6.45, 7) is 2.80. The predicted molar refractivity (Wildman–Crippen MR) is 82.8 cm³/mol. The standard InChI is InChI=1S/C17H19F2NS/c1-2-20-15(10-12-13(18)6-4-7-14(12)19)17-9-11-5-3-8-16(11)21-17/h4,6-7,9,15,20H,2-3,5,8,10H2,1H3. The highest BCUT2D eigenvalue weighted by Crippen LogP contribution is 2.35.